The molecule has 1 atom stereocenters. The standard InChI is InChI=1S/C11H16FNO/c1-3-6-14-11-5-4-9(8(2)13)7-10(11)12/h4-5,7-8H,3,6,13H2,1-2H3/t8-/m0/s1. The Hall–Kier alpha value is -1.09. The van der Waals surface area contributed by atoms with Crippen molar-refractivity contribution in [2.45, 2.75) is 26.3 Å². The van der Waals surface area contributed by atoms with E-state index < -0.39 is 0 Å². The Morgan fingerprint density at radius 3 is 2.71 bits per heavy atom. The predicted molar refractivity (Wildman–Crippen MR) is 54.8 cm³/mol. The smallest absolute Gasteiger partial charge is 0.165 e. The van der Waals surface area contributed by atoms with Crippen molar-refractivity contribution in [2.24, 2.45) is 5.73 Å². The molecule has 1 rings (SSSR count). The molecule has 1 aromatic carbocycles. The summed E-state index contributed by atoms with van der Waals surface area (Å²) in [7, 11) is 0. The normalized spacial score (nSPS) is 12.6. The van der Waals surface area contributed by atoms with Crippen molar-refractivity contribution >= 4 is 0 Å². The Morgan fingerprint density at radius 2 is 2.21 bits per heavy atom. The van der Waals surface area contributed by atoms with Crippen molar-refractivity contribution in [1.29, 1.82) is 0 Å². The van der Waals surface area contributed by atoms with Gasteiger partial charge in [-0.2, -0.15) is 0 Å². The zero-order valence-electron chi connectivity index (χ0n) is 8.59. The first-order valence-corrected chi connectivity index (χ1v) is 4.83. The Morgan fingerprint density at radius 1 is 1.50 bits per heavy atom. The highest BCUT2D eigenvalue weighted by Gasteiger charge is 2.06. The van der Waals surface area contributed by atoms with Crippen LogP contribution in [0.15, 0.2) is 18.2 Å². The highest BCUT2D eigenvalue weighted by Crippen LogP contribution is 2.21. The summed E-state index contributed by atoms with van der Waals surface area (Å²) in [5.74, 6) is -0.0375. The molecular weight excluding hydrogens is 181 g/mol. The van der Waals surface area contributed by atoms with E-state index in [1.165, 1.54) is 6.07 Å². The number of hydrogen-bond donors (Lipinski definition) is 1. The second-order valence-electron chi connectivity index (χ2n) is 3.33. The third-order valence-corrected chi connectivity index (χ3v) is 1.94. The van der Waals surface area contributed by atoms with E-state index in [1.54, 1.807) is 12.1 Å². The minimum atomic E-state index is -0.340. The molecule has 3 heteroatoms. The molecule has 0 unspecified atom stereocenters. The van der Waals surface area contributed by atoms with Crippen molar-refractivity contribution in [3.05, 3.63) is 29.6 Å². The van der Waals surface area contributed by atoms with Crippen molar-refractivity contribution in [3.63, 3.8) is 0 Å². The van der Waals surface area contributed by atoms with Gasteiger partial charge in [-0.3, -0.25) is 0 Å². The van der Waals surface area contributed by atoms with Gasteiger partial charge in [-0.15, -0.1) is 0 Å². The summed E-state index contributed by atoms with van der Waals surface area (Å²) in [6, 6.07) is 4.70. The van der Waals surface area contributed by atoms with Gasteiger partial charge in [0.15, 0.2) is 11.6 Å². The van der Waals surface area contributed by atoms with Gasteiger partial charge in [0, 0.05) is 6.04 Å². The van der Waals surface area contributed by atoms with Gasteiger partial charge < -0.3 is 10.5 Å². The molecule has 2 nitrogen and oxygen atoms in total. The molecule has 0 fully saturated rings. The van der Waals surface area contributed by atoms with E-state index in [4.69, 9.17) is 10.5 Å². The third-order valence-electron chi connectivity index (χ3n) is 1.94. The molecule has 0 bridgehead atoms. The first kappa shape index (κ1) is 11.0. The third kappa shape index (κ3) is 2.70. The van der Waals surface area contributed by atoms with E-state index in [9.17, 15) is 4.39 Å². The van der Waals surface area contributed by atoms with Crippen molar-refractivity contribution < 1.29 is 9.13 Å². The van der Waals surface area contributed by atoms with Crippen molar-refractivity contribution in [3.8, 4) is 5.75 Å². The van der Waals surface area contributed by atoms with Crippen LogP contribution in [0.3, 0.4) is 0 Å². The van der Waals surface area contributed by atoms with Crippen LogP contribution in [-0.4, -0.2) is 6.61 Å². The molecule has 0 saturated heterocycles. The van der Waals surface area contributed by atoms with Crippen LogP contribution in [0.25, 0.3) is 0 Å². The molecule has 0 spiro atoms. The van der Waals surface area contributed by atoms with Gasteiger partial charge in [-0.25, -0.2) is 4.39 Å². The summed E-state index contributed by atoms with van der Waals surface area (Å²) in [5.41, 5.74) is 6.41. The van der Waals surface area contributed by atoms with E-state index in [0.717, 1.165) is 12.0 Å². The maximum Gasteiger partial charge on any atom is 0.165 e. The maximum absolute atomic E-state index is 13.4. The zero-order chi connectivity index (χ0) is 10.6. The molecule has 2 N–H and O–H groups in total. The van der Waals surface area contributed by atoms with Gasteiger partial charge in [-0.1, -0.05) is 13.0 Å². The number of halogens is 1. The molecule has 78 valence electrons. The second-order valence-corrected chi connectivity index (χ2v) is 3.33. The first-order valence-electron chi connectivity index (χ1n) is 4.83. The lowest BCUT2D eigenvalue weighted by Crippen LogP contribution is -2.06. The summed E-state index contributed by atoms with van der Waals surface area (Å²) in [6.45, 7) is 4.34. The molecule has 14 heavy (non-hydrogen) atoms. The van der Waals surface area contributed by atoms with Gasteiger partial charge in [0.2, 0.25) is 0 Å². The molecule has 0 radical (unpaired) electrons. The van der Waals surface area contributed by atoms with Gasteiger partial charge >= 0.3 is 0 Å². The van der Waals surface area contributed by atoms with Crippen molar-refractivity contribution in [2.75, 3.05) is 6.61 Å². The molecule has 0 heterocycles. The van der Waals surface area contributed by atoms with Gasteiger partial charge in [-0.05, 0) is 31.0 Å². The molecule has 0 amide bonds. The molecule has 1 aromatic rings. The Labute approximate surface area is 83.9 Å². The lowest BCUT2D eigenvalue weighted by atomic mass is 10.1. The Bertz CT molecular complexity index is 299. The van der Waals surface area contributed by atoms with Crippen LogP contribution < -0.4 is 10.5 Å². The molecule has 0 aliphatic heterocycles. The van der Waals surface area contributed by atoms with E-state index >= 15 is 0 Å². The molecule has 0 aromatic heterocycles. The number of rotatable bonds is 4. The summed E-state index contributed by atoms with van der Waals surface area (Å²) < 4.78 is 18.6. The molecule has 0 aliphatic carbocycles. The average molecular weight is 197 g/mol. The van der Waals surface area contributed by atoms with Gasteiger partial charge in [0.05, 0.1) is 6.61 Å². The van der Waals surface area contributed by atoms with Gasteiger partial charge in [0.25, 0.3) is 0 Å². The summed E-state index contributed by atoms with van der Waals surface area (Å²) in [5, 5.41) is 0. The molecule has 0 aliphatic rings. The first-order chi connectivity index (χ1) is 6.65. The number of nitrogens with two attached hydrogens (primary N) is 1. The fourth-order valence-corrected chi connectivity index (χ4v) is 1.13. The highest BCUT2D eigenvalue weighted by atomic mass is 19.1. The molecule has 0 saturated carbocycles. The molecular formula is C11H16FNO. The predicted octanol–water partition coefficient (Wildman–Crippen LogP) is 2.63. The number of hydrogen-bond acceptors (Lipinski definition) is 2. The summed E-state index contributed by atoms with van der Waals surface area (Å²) in [4.78, 5) is 0. The Balaban J connectivity index is 2.79. The van der Waals surface area contributed by atoms with Crippen LogP contribution in [0.2, 0.25) is 0 Å². The largest absolute Gasteiger partial charge is 0.491 e. The maximum atomic E-state index is 13.4. The van der Waals surface area contributed by atoms with Gasteiger partial charge in [0.1, 0.15) is 0 Å². The summed E-state index contributed by atoms with van der Waals surface area (Å²) in [6.07, 6.45) is 0.870. The van der Waals surface area contributed by atoms with E-state index in [0.29, 0.717) is 12.4 Å². The Kier molecular flexibility index (Phi) is 3.89. The lowest BCUT2D eigenvalue weighted by molar-refractivity contribution is 0.301. The quantitative estimate of drug-likeness (QED) is 0.805. The fourth-order valence-electron chi connectivity index (χ4n) is 1.13. The highest BCUT2D eigenvalue weighted by molar-refractivity contribution is 5.30. The number of ether oxygens (including phenoxy) is 1. The average Bonchev–Trinajstić information content (AvgIpc) is 2.15. The fraction of sp³-hybridized carbons (Fsp3) is 0.455. The second kappa shape index (κ2) is 4.96. The lowest BCUT2D eigenvalue weighted by Gasteiger charge is -2.09. The van der Waals surface area contributed by atoms with Crippen LogP contribution in [0.4, 0.5) is 4.39 Å². The van der Waals surface area contributed by atoms with E-state index in [-0.39, 0.29) is 11.9 Å². The van der Waals surface area contributed by atoms with Crippen LogP contribution in [0.5, 0.6) is 5.75 Å². The van der Waals surface area contributed by atoms with E-state index in [1.807, 2.05) is 13.8 Å². The number of benzene rings is 1. The van der Waals surface area contributed by atoms with E-state index in [2.05, 4.69) is 0 Å². The van der Waals surface area contributed by atoms with Crippen LogP contribution in [0, 0.1) is 5.82 Å². The van der Waals surface area contributed by atoms with Crippen LogP contribution >= 0.6 is 0 Å². The minimum Gasteiger partial charge on any atom is -0.491 e. The topological polar surface area (TPSA) is 35.2 Å². The minimum absolute atomic E-state index is 0.148. The van der Waals surface area contributed by atoms with Crippen LogP contribution in [-0.2, 0) is 0 Å². The summed E-state index contributed by atoms with van der Waals surface area (Å²) >= 11 is 0. The monoisotopic (exact) mass is 197 g/mol. The van der Waals surface area contributed by atoms with Crippen LogP contribution in [0.1, 0.15) is 31.9 Å². The van der Waals surface area contributed by atoms with Crippen molar-refractivity contribution in [1.82, 2.24) is 0 Å². The zero-order valence-corrected chi connectivity index (χ0v) is 8.59. The SMILES string of the molecule is CCCOc1ccc([C@H](C)N)cc1F.